The number of rotatable bonds is 5. The van der Waals surface area contributed by atoms with E-state index >= 15 is 0 Å². The molecule has 0 radical (unpaired) electrons. The number of hydrogen-bond donors (Lipinski definition) is 0. The summed E-state index contributed by atoms with van der Waals surface area (Å²) < 4.78 is 7.35. The first-order valence-corrected chi connectivity index (χ1v) is 9.50. The third-order valence-electron chi connectivity index (χ3n) is 4.94. The van der Waals surface area contributed by atoms with Crippen LogP contribution in [-0.2, 0) is 4.79 Å². The van der Waals surface area contributed by atoms with Crippen LogP contribution in [0.5, 0.6) is 5.75 Å². The Balaban J connectivity index is 1.33. The van der Waals surface area contributed by atoms with E-state index in [1.165, 1.54) is 12.7 Å². The van der Waals surface area contributed by atoms with Crippen LogP contribution >= 0.6 is 0 Å². The number of piperazine rings is 1. The zero-order chi connectivity index (χ0) is 20.2. The van der Waals surface area contributed by atoms with Crippen molar-refractivity contribution in [1.29, 1.82) is 0 Å². The van der Waals surface area contributed by atoms with E-state index in [0.29, 0.717) is 32.0 Å². The number of benzene rings is 1. The lowest BCUT2D eigenvalue weighted by molar-refractivity contribution is -0.133. The molecule has 0 atom stereocenters. The highest BCUT2D eigenvalue weighted by atomic mass is 16.5. The van der Waals surface area contributed by atoms with Gasteiger partial charge >= 0.3 is 0 Å². The summed E-state index contributed by atoms with van der Waals surface area (Å²) >= 11 is 0. The van der Waals surface area contributed by atoms with Crippen molar-refractivity contribution in [3.63, 3.8) is 0 Å². The molecule has 4 rings (SSSR count). The Labute approximate surface area is 169 Å². The summed E-state index contributed by atoms with van der Waals surface area (Å²) in [5.41, 5.74) is 2.14. The molecule has 150 valence electrons. The van der Waals surface area contributed by atoms with Crippen molar-refractivity contribution in [2.75, 3.05) is 37.7 Å². The normalized spacial score (nSPS) is 14.1. The number of carbonyl (C=O) groups excluding carboxylic acids is 1. The molecule has 9 heteroatoms. The monoisotopic (exact) mass is 393 g/mol. The maximum atomic E-state index is 12.6. The average Bonchev–Trinajstić information content (AvgIpc) is 3.29. The van der Waals surface area contributed by atoms with Gasteiger partial charge in [-0.25, -0.2) is 19.6 Å². The van der Waals surface area contributed by atoms with Crippen molar-refractivity contribution >= 4 is 11.7 Å². The van der Waals surface area contributed by atoms with Crippen LogP contribution in [0.15, 0.2) is 43.2 Å². The highest BCUT2D eigenvalue weighted by Crippen LogP contribution is 2.20. The molecule has 0 spiro atoms. The van der Waals surface area contributed by atoms with Crippen LogP contribution in [0.4, 0.5) is 5.82 Å². The van der Waals surface area contributed by atoms with E-state index in [9.17, 15) is 4.79 Å². The summed E-state index contributed by atoms with van der Waals surface area (Å²) in [6.07, 6.45) is 4.58. The van der Waals surface area contributed by atoms with E-state index in [1.54, 1.807) is 11.0 Å². The Morgan fingerprint density at radius 2 is 1.83 bits per heavy atom. The lowest BCUT2D eigenvalue weighted by Crippen LogP contribution is -2.50. The summed E-state index contributed by atoms with van der Waals surface area (Å²) in [6, 6.07) is 7.87. The molecule has 3 aromatic rings. The highest BCUT2D eigenvalue weighted by Gasteiger charge is 2.22. The minimum Gasteiger partial charge on any atom is -0.483 e. The summed E-state index contributed by atoms with van der Waals surface area (Å²) in [5.74, 6) is 2.23. The topological polar surface area (TPSA) is 89.3 Å². The number of ether oxygens (including phenoxy) is 1. The fourth-order valence-corrected chi connectivity index (χ4v) is 3.24. The van der Waals surface area contributed by atoms with Crippen LogP contribution in [0.2, 0.25) is 0 Å². The van der Waals surface area contributed by atoms with Gasteiger partial charge in [-0.15, -0.1) is 0 Å². The van der Waals surface area contributed by atoms with Gasteiger partial charge in [-0.3, -0.25) is 4.79 Å². The first-order valence-electron chi connectivity index (χ1n) is 9.50. The minimum atomic E-state index is -0.00320. The maximum absolute atomic E-state index is 12.6. The molecule has 1 aliphatic heterocycles. The van der Waals surface area contributed by atoms with Gasteiger partial charge in [-0.2, -0.15) is 5.10 Å². The third-order valence-corrected chi connectivity index (χ3v) is 4.94. The minimum absolute atomic E-state index is 0.00320. The van der Waals surface area contributed by atoms with Gasteiger partial charge in [0.2, 0.25) is 0 Å². The summed E-state index contributed by atoms with van der Waals surface area (Å²) in [5, 5.41) is 4.09. The molecule has 29 heavy (non-hydrogen) atoms. The summed E-state index contributed by atoms with van der Waals surface area (Å²) in [4.78, 5) is 29.1. The fourth-order valence-electron chi connectivity index (χ4n) is 3.24. The predicted octanol–water partition coefficient (Wildman–Crippen LogP) is 1.40. The Morgan fingerprint density at radius 3 is 2.59 bits per heavy atom. The molecule has 1 fully saturated rings. The molecule has 1 amide bonds. The fraction of sp³-hybridized carbons (Fsp3) is 0.350. The van der Waals surface area contributed by atoms with Crippen LogP contribution in [0, 0.1) is 13.8 Å². The van der Waals surface area contributed by atoms with Crippen LogP contribution in [0.25, 0.3) is 5.82 Å². The Morgan fingerprint density at radius 1 is 1.03 bits per heavy atom. The van der Waals surface area contributed by atoms with Crippen LogP contribution in [0.3, 0.4) is 0 Å². The van der Waals surface area contributed by atoms with Gasteiger partial charge in [0.05, 0.1) is 0 Å². The molecule has 1 saturated heterocycles. The molecular weight excluding hydrogens is 370 g/mol. The number of carbonyl (C=O) groups is 1. The van der Waals surface area contributed by atoms with Crippen molar-refractivity contribution < 1.29 is 9.53 Å². The van der Waals surface area contributed by atoms with Crippen LogP contribution in [-0.4, -0.2) is 68.3 Å². The van der Waals surface area contributed by atoms with Crippen molar-refractivity contribution in [3.8, 4) is 11.6 Å². The average molecular weight is 393 g/mol. The molecule has 0 bridgehead atoms. The first-order chi connectivity index (χ1) is 14.1. The first kappa shape index (κ1) is 18.9. The van der Waals surface area contributed by atoms with Gasteiger partial charge in [-0.1, -0.05) is 12.1 Å². The largest absolute Gasteiger partial charge is 0.483 e. The van der Waals surface area contributed by atoms with E-state index in [4.69, 9.17) is 4.74 Å². The highest BCUT2D eigenvalue weighted by molar-refractivity contribution is 5.78. The molecule has 9 nitrogen and oxygen atoms in total. The van der Waals surface area contributed by atoms with Crippen molar-refractivity contribution in [2.45, 2.75) is 13.8 Å². The molecular formula is C20H23N7O2. The van der Waals surface area contributed by atoms with Gasteiger partial charge in [0, 0.05) is 32.2 Å². The van der Waals surface area contributed by atoms with E-state index < -0.39 is 0 Å². The van der Waals surface area contributed by atoms with Crippen molar-refractivity contribution in [2.24, 2.45) is 0 Å². The number of anilines is 1. The molecule has 2 aromatic heterocycles. The second-order valence-electron chi connectivity index (χ2n) is 7.00. The molecule has 0 saturated carbocycles. The number of aromatic nitrogens is 5. The summed E-state index contributed by atoms with van der Waals surface area (Å²) in [6.45, 7) is 6.68. The zero-order valence-corrected chi connectivity index (χ0v) is 16.5. The lowest BCUT2D eigenvalue weighted by Gasteiger charge is -2.35. The number of amides is 1. The van der Waals surface area contributed by atoms with Crippen molar-refractivity contribution in [1.82, 2.24) is 29.6 Å². The number of nitrogens with zero attached hydrogens (tertiary/aromatic N) is 7. The van der Waals surface area contributed by atoms with E-state index in [-0.39, 0.29) is 12.5 Å². The quantitative estimate of drug-likeness (QED) is 0.647. The lowest BCUT2D eigenvalue weighted by atomic mass is 10.1. The van der Waals surface area contributed by atoms with Gasteiger partial charge in [0.1, 0.15) is 30.5 Å². The van der Waals surface area contributed by atoms with Crippen LogP contribution < -0.4 is 9.64 Å². The molecule has 0 aliphatic carbocycles. The SMILES string of the molecule is Cc1ccc(C)c(OCC(=O)N2CCN(c3cc(-n4cncn4)ncn3)CC2)c1. The van der Waals surface area contributed by atoms with Crippen molar-refractivity contribution in [3.05, 3.63) is 54.4 Å². The van der Waals surface area contributed by atoms with Gasteiger partial charge in [0.15, 0.2) is 12.4 Å². The smallest absolute Gasteiger partial charge is 0.260 e. The Kier molecular flexibility index (Phi) is 5.37. The van der Waals surface area contributed by atoms with E-state index in [0.717, 1.165) is 22.7 Å². The number of hydrogen-bond acceptors (Lipinski definition) is 7. The third kappa shape index (κ3) is 4.34. The van der Waals surface area contributed by atoms with E-state index in [1.807, 2.05) is 43.0 Å². The molecule has 1 aromatic carbocycles. The molecule has 3 heterocycles. The second-order valence-corrected chi connectivity index (χ2v) is 7.00. The summed E-state index contributed by atoms with van der Waals surface area (Å²) in [7, 11) is 0. The second kappa shape index (κ2) is 8.26. The molecule has 1 aliphatic rings. The van der Waals surface area contributed by atoms with Gasteiger partial charge in [-0.05, 0) is 31.0 Å². The Hall–Kier alpha value is -3.49. The molecule has 0 unspecified atom stereocenters. The number of aryl methyl sites for hydroxylation is 2. The van der Waals surface area contributed by atoms with Crippen LogP contribution in [0.1, 0.15) is 11.1 Å². The standard InChI is InChI=1S/C20H23N7O2/c1-15-3-4-16(2)17(9-15)29-11-20(28)26-7-5-25(6-8-26)18-10-19(23-13-22-18)27-14-21-12-24-27/h3-4,9-10,12-14H,5-8,11H2,1-2H3. The predicted molar refractivity (Wildman–Crippen MR) is 107 cm³/mol. The van der Waals surface area contributed by atoms with Gasteiger partial charge in [0.25, 0.3) is 5.91 Å². The zero-order valence-electron chi connectivity index (χ0n) is 16.5. The van der Waals surface area contributed by atoms with Gasteiger partial charge < -0.3 is 14.5 Å². The Bertz CT molecular complexity index is 982. The maximum Gasteiger partial charge on any atom is 0.260 e. The van der Waals surface area contributed by atoms with E-state index in [2.05, 4.69) is 25.0 Å². The molecule has 0 N–H and O–H groups in total.